The summed E-state index contributed by atoms with van der Waals surface area (Å²) in [6.45, 7) is 4.21. The Hall–Kier alpha value is -0.870. The van der Waals surface area contributed by atoms with Crippen LogP contribution >= 0.6 is 0 Å². The number of nitrogens with two attached hydrogens (primary N) is 1. The van der Waals surface area contributed by atoms with Gasteiger partial charge in [0.2, 0.25) is 0 Å². The van der Waals surface area contributed by atoms with Crippen LogP contribution in [0.2, 0.25) is 0 Å². The molecule has 0 amide bonds. The summed E-state index contributed by atoms with van der Waals surface area (Å²) in [6, 6.07) is 1.49. The van der Waals surface area contributed by atoms with Crippen LogP contribution in [0.1, 0.15) is 37.8 Å². The molecule has 0 radical (unpaired) electrons. The van der Waals surface area contributed by atoms with Crippen LogP contribution in [-0.2, 0) is 6.54 Å². The first-order valence-electron chi connectivity index (χ1n) is 6.33. The normalized spacial score (nSPS) is 31.1. The minimum Gasteiger partial charge on any atom is -0.326 e. The monoisotopic (exact) mass is 220 g/mol. The maximum atomic E-state index is 6.24. The summed E-state index contributed by atoms with van der Waals surface area (Å²) < 4.78 is 1.99. The fourth-order valence-electron chi connectivity index (χ4n) is 2.80. The largest absolute Gasteiger partial charge is 0.326 e. The zero-order valence-corrected chi connectivity index (χ0v) is 9.84. The van der Waals surface area contributed by atoms with Crippen molar-refractivity contribution in [2.45, 2.75) is 50.9 Å². The van der Waals surface area contributed by atoms with Gasteiger partial charge in [-0.15, -0.1) is 0 Å². The Labute approximate surface area is 96.4 Å². The minimum atomic E-state index is 0.287. The number of aromatic nitrogens is 2. The van der Waals surface area contributed by atoms with Crippen molar-refractivity contribution in [2.75, 3.05) is 6.54 Å². The van der Waals surface area contributed by atoms with E-state index in [1.165, 1.54) is 18.4 Å². The average molecular weight is 220 g/mol. The standard InChI is InChI=1S/C12H20N4/c1-2-15-8-9(7-14-15)12-11(13)5-6-16(12)10-3-4-10/h7-8,10-12H,2-6,13H2,1H3. The summed E-state index contributed by atoms with van der Waals surface area (Å²) in [6.07, 6.45) is 7.98. The third-order valence-electron chi connectivity index (χ3n) is 3.82. The zero-order chi connectivity index (χ0) is 11.1. The van der Waals surface area contributed by atoms with Gasteiger partial charge in [-0.3, -0.25) is 9.58 Å². The van der Waals surface area contributed by atoms with E-state index in [9.17, 15) is 0 Å². The van der Waals surface area contributed by atoms with Crippen LogP contribution in [0.3, 0.4) is 0 Å². The van der Waals surface area contributed by atoms with Gasteiger partial charge >= 0.3 is 0 Å². The van der Waals surface area contributed by atoms with Gasteiger partial charge in [0.25, 0.3) is 0 Å². The van der Waals surface area contributed by atoms with Crippen molar-refractivity contribution in [3.05, 3.63) is 18.0 Å². The fraction of sp³-hybridized carbons (Fsp3) is 0.750. The molecule has 2 N–H and O–H groups in total. The SMILES string of the molecule is CCn1cc(C2C(N)CCN2C2CC2)cn1. The molecule has 4 nitrogen and oxygen atoms in total. The molecule has 1 aliphatic heterocycles. The Morgan fingerprint density at radius 3 is 2.88 bits per heavy atom. The van der Waals surface area contributed by atoms with Crippen LogP contribution in [0.15, 0.2) is 12.4 Å². The molecule has 2 heterocycles. The number of hydrogen-bond acceptors (Lipinski definition) is 3. The molecule has 1 aromatic heterocycles. The van der Waals surface area contributed by atoms with E-state index in [1.807, 2.05) is 10.9 Å². The van der Waals surface area contributed by atoms with Crippen molar-refractivity contribution in [2.24, 2.45) is 5.73 Å². The summed E-state index contributed by atoms with van der Waals surface area (Å²) in [7, 11) is 0. The summed E-state index contributed by atoms with van der Waals surface area (Å²) in [4.78, 5) is 2.58. The molecule has 0 bridgehead atoms. The van der Waals surface area contributed by atoms with Crippen molar-refractivity contribution in [1.82, 2.24) is 14.7 Å². The lowest BCUT2D eigenvalue weighted by Crippen LogP contribution is -2.32. The molecule has 0 spiro atoms. The summed E-state index contributed by atoms with van der Waals surface area (Å²) >= 11 is 0. The van der Waals surface area contributed by atoms with Crippen LogP contribution in [0, 0.1) is 0 Å². The zero-order valence-electron chi connectivity index (χ0n) is 9.84. The molecule has 1 aliphatic carbocycles. The highest BCUT2D eigenvalue weighted by Crippen LogP contribution is 2.40. The number of aryl methyl sites for hydroxylation is 1. The van der Waals surface area contributed by atoms with Gasteiger partial charge in [-0.2, -0.15) is 5.10 Å². The molecule has 2 unspecified atom stereocenters. The first-order valence-corrected chi connectivity index (χ1v) is 6.33. The first kappa shape index (κ1) is 10.3. The Kier molecular flexibility index (Phi) is 2.48. The molecule has 88 valence electrons. The highest BCUT2D eigenvalue weighted by molar-refractivity contribution is 5.17. The highest BCUT2D eigenvalue weighted by atomic mass is 15.3. The van der Waals surface area contributed by atoms with E-state index in [0.29, 0.717) is 6.04 Å². The molecular weight excluding hydrogens is 200 g/mol. The van der Waals surface area contributed by atoms with Crippen LogP contribution in [0.25, 0.3) is 0 Å². The van der Waals surface area contributed by atoms with E-state index in [-0.39, 0.29) is 6.04 Å². The predicted octanol–water partition coefficient (Wildman–Crippen LogP) is 1.14. The molecule has 0 aromatic carbocycles. The van der Waals surface area contributed by atoms with E-state index in [2.05, 4.69) is 23.1 Å². The molecule has 1 aromatic rings. The fourth-order valence-corrected chi connectivity index (χ4v) is 2.80. The topological polar surface area (TPSA) is 47.1 Å². The molecule has 2 aliphatic rings. The molecular formula is C12H20N4. The Balaban J connectivity index is 1.84. The van der Waals surface area contributed by atoms with Gasteiger partial charge in [-0.25, -0.2) is 0 Å². The molecule has 16 heavy (non-hydrogen) atoms. The Bertz CT molecular complexity index is 369. The van der Waals surface area contributed by atoms with Crippen molar-refractivity contribution in [1.29, 1.82) is 0 Å². The van der Waals surface area contributed by atoms with Crippen LogP contribution in [0.4, 0.5) is 0 Å². The van der Waals surface area contributed by atoms with E-state index in [4.69, 9.17) is 5.73 Å². The van der Waals surface area contributed by atoms with Crippen LogP contribution < -0.4 is 5.73 Å². The van der Waals surface area contributed by atoms with E-state index in [0.717, 1.165) is 25.6 Å². The summed E-state index contributed by atoms with van der Waals surface area (Å²) in [5.74, 6) is 0. The molecule has 2 atom stereocenters. The average Bonchev–Trinajstić information content (AvgIpc) is 2.89. The van der Waals surface area contributed by atoms with Gasteiger partial charge in [0.05, 0.1) is 12.2 Å². The maximum Gasteiger partial charge on any atom is 0.0538 e. The van der Waals surface area contributed by atoms with Gasteiger partial charge in [0.15, 0.2) is 0 Å². The molecule has 4 heteroatoms. The minimum absolute atomic E-state index is 0.287. The number of nitrogens with zero attached hydrogens (tertiary/aromatic N) is 3. The molecule has 2 fully saturated rings. The summed E-state index contributed by atoms with van der Waals surface area (Å²) in [5, 5.41) is 4.36. The number of likely N-dealkylation sites (tertiary alicyclic amines) is 1. The van der Waals surface area contributed by atoms with Gasteiger partial charge in [-0.1, -0.05) is 0 Å². The van der Waals surface area contributed by atoms with Crippen LogP contribution in [-0.4, -0.2) is 33.3 Å². The smallest absolute Gasteiger partial charge is 0.0538 e. The number of rotatable bonds is 3. The predicted molar refractivity (Wildman–Crippen MR) is 63.0 cm³/mol. The third kappa shape index (κ3) is 1.66. The van der Waals surface area contributed by atoms with Crippen molar-refractivity contribution < 1.29 is 0 Å². The third-order valence-corrected chi connectivity index (χ3v) is 3.82. The van der Waals surface area contributed by atoms with Crippen LogP contribution in [0.5, 0.6) is 0 Å². The second-order valence-electron chi connectivity index (χ2n) is 5.00. The van der Waals surface area contributed by atoms with Gasteiger partial charge in [0.1, 0.15) is 0 Å². The first-order chi connectivity index (χ1) is 7.79. The van der Waals surface area contributed by atoms with Gasteiger partial charge in [-0.05, 0) is 26.2 Å². The molecule has 3 rings (SSSR count). The maximum absolute atomic E-state index is 6.24. The Morgan fingerprint density at radius 2 is 2.25 bits per heavy atom. The lowest BCUT2D eigenvalue weighted by molar-refractivity contribution is 0.237. The van der Waals surface area contributed by atoms with E-state index < -0.39 is 0 Å². The number of hydrogen-bond donors (Lipinski definition) is 1. The van der Waals surface area contributed by atoms with Gasteiger partial charge < -0.3 is 5.73 Å². The lowest BCUT2D eigenvalue weighted by Gasteiger charge is -2.25. The summed E-state index contributed by atoms with van der Waals surface area (Å²) in [5.41, 5.74) is 7.54. The lowest BCUT2D eigenvalue weighted by atomic mass is 10.0. The van der Waals surface area contributed by atoms with E-state index >= 15 is 0 Å². The van der Waals surface area contributed by atoms with E-state index in [1.54, 1.807) is 0 Å². The second-order valence-corrected chi connectivity index (χ2v) is 5.00. The molecule has 1 saturated heterocycles. The quantitative estimate of drug-likeness (QED) is 0.831. The Morgan fingerprint density at radius 1 is 1.44 bits per heavy atom. The van der Waals surface area contributed by atoms with Crippen molar-refractivity contribution in [3.8, 4) is 0 Å². The van der Waals surface area contributed by atoms with Crippen molar-refractivity contribution in [3.63, 3.8) is 0 Å². The molecule has 1 saturated carbocycles. The highest BCUT2D eigenvalue weighted by Gasteiger charge is 2.41. The van der Waals surface area contributed by atoms with Crippen molar-refractivity contribution >= 4 is 0 Å². The van der Waals surface area contributed by atoms with Gasteiger partial charge in [0, 0.05) is 36.9 Å². The second kappa shape index (κ2) is 3.86.